The number of nitrogens with zero attached hydrogens (tertiary/aromatic N) is 1. The molecule has 8 heteroatoms. The number of aryl methyl sites for hydroxylation is 1. The van der Waals surface area contributed by atoms with Crippen LogP contribution >= 0.6 is 0 Å². The van der Waals surface area contributed by atoms with Crippen molar-refractivity contribution in [2.24, 2.45) is 5.41 Å². The summed E-state index contributed by atoms with van der Waals surface area (Å²) in [5.74, 6) is -0.947. The highest BCUT2D eigenvalue weighted by atomic mass is 32.2. The molecule has 4 rings (SSSR count). The molecule has 29 heavy (non-hydrogen) atoms. The molecule has 0 unspecified atom stereocenters. The number of nitrogens with one attached hydrogen (secondary N) is 1. The Morgan fingerprint density at radius 3 is 2.55 bits per heavy atom. The topological polar surface area (TPSA) is 95.9 Å². The second kappa shape index (κ2) is 6.81. The number of benzene rings is 2. The van der Waals surface area contributed by atoms with E-state index in [0.717, 1.165) is 40.9 Å². The lowest BCUT2D eigenvalue weighted by Gasteiger charge is -2.32. The van der Waals surface area contributed by atoms with E-state index >= 15 is 0 Å². The number of carbonyl (C=O) groups is 1. The van der Waals surface area contributed by atoms with E-state index in [1.54, 1.807) is 42.5 Å². The van der Waals surface area contributed by atoms with Crippen LogP contribution in [0.15, 0.2) is 54.5 Å². The number of hydrogen-bond acceptors (Lipinski definition) is 5. The van der Waals surface area contributed by atoms with Gasteiger partial charge in [-0.25, -0.2) is 13.8 Å². The van der Waals surface area contributed by atoms with Crippen LogP contribution < -0.4 is 13.8 Å². The maximum atomic E-state index is 12.6. The fraction of sp³-hybridized carbons (Fsp3) is 0.286. The van der Waals surface area contributed by atoms with Gasteiger partial charge in [0, 0.05) is 0 Å². The first-order valence-corrected chi connectivity index (χ1v) is 10.7. The molecular weight excluding hydrogens is 392 g/mol. The molecule has 2 N–H and O–H groups in total. The van der Waals surface area contributed by atoms with Gasteiger partial charge >= 0.3 is 16.2 Å². The molecule has 1 aliphatic heterocycles. The number of aliphatic hydroxyl groups excluding tert-OH is 1. The summed E-state index contributed by atoms with van der Waals surface area (Å²) in [6.07, 6.45) is 3.63. The summed E-state index contributed by atoms with van der Waals surface area (Å²) in [4.78, 5) is 12.6. The van der Waals surface area contributed by atoms with Crippen LogP contribution in [0, 0.1) is 5.41 Å². The molecule has 0 fully saturated rings. The molecule has 152 valence electrons. The van der Waals surface area contributed by atoms with Crippen molar-refractivity contribution in [2.45, 2.75) is 33.1 Å². The third-order valence-corrected chi connectivity index (χ3v) is 6.49. The fourth-order valence-corrected chi connectivity index (χ4v) is 4.76. The van der Waals surface area contributed by atoms with Crippen molar-refractivity contribution < 1.29 is 23.1 Å². The molecule has 2 aromatic carbocycles. The van der Waals surface area contributed by atoms with Crippen molar-refractivity contribution in [3.05, 3.63) is 71.2 Å². The number of ether oxygens (including phenoxy) is 1. The first-order valence-electron chi connectivity index (χ1n) is 9.31. The SMILES string of the molecule is CC1(C)CCc2cc(OC(=O)c3ccccc3)c(N3C=C(O)NS3(=O)=O)cc2C1. The van der Waals surface area contributed by atoms with Gasteiger partial charge in [0.15, 0.2) is 5.75 Å². The van der Waals surface area contributed by atoms with Gasteiger partial charge in [-0.2, -0.15) is 8.42 Å². The molecule has 1 heterocycles. The summed E-state index contributed by atoms with van der Waals surface area (Å²) in [6.45, 7) is 4.33. The fourth-order valence-electron chi connectivity index (χ4n) is 3.70. The Labute approximate surface area is 169 Å². The lowest BCUT2D eigenvalue weighted by atomic mass is 9.74. The normalized spacial score (nSPS) is 19.1. The Morgan fingerprint density at radius 2 is 1.90 bits per heavy atom. The van der Waals surface area contributed by atoms with Gasteiger partial charge < -0.3 is 9.84 Å². The van der Waals surface area contributed by atoms with Crippen molar-refractivity contribution in [3.63, 3.8) is 0 Å². The van der Waals surface area contributed by atoms with Gasteiger partial charge in [0.1, 0.15) is 5.69 Å². The van der Waals surface area contributed by atoms with E-state index in [1.165, 1.54) is 0 Å². The minimum absolute atomic E-state index is 0.0899. The van der Waals surface area contributed by atoms with Crippen LogP contribution in [0.5, 0.6) is 5.75 Å². The summed E-state index contributed by atoms with van der Waals surface area (Å²) in [6, 6.07) is 12.0. The summed E-state index contributed by atoms with van der Waals surface area (Å²) in [5.41, 5.74) is 2.67. The standard InChI is InChI=1S/C21H22N2O5S/c1-21(2)9-8-15-11-18(28-20(25)14-6-4-3-5-7-14)17(10-16(15)12-21)23-13-19(24)22-29(23,26)27/h3-7,10-11,13,22,24H,8-9,12H2,1-2H3. The van der Waals surface area contributed by atoms with Crippen LogP contribution in [0.3, 0.4) is 0 Å². The van der Waals surface area contributed by atoms with Crippen LogP contribution in [0.25, 0.3) is 0 Å². The second-order valence-corrected chi connectivity index (χ2v) is 9.65. The molecular formula is C21H22N2O5S. The summed E-state index contributed by atoms with van der Waals surface area (Å²) < 4.78 is 33.4. The first kappa shape index (κ1) is 19.3. The average molecular weight is 414 g/mol. The zero-order chi connectivity index (χ0) is 20.8. The zero-order valence-electron chi connectivity index (χ0n) is 16.2. The van der Waals surface area contributed by atoms with Gasteiger partial charge in [-0.05, 0) is 60.1 Å². The number of hydrogen-bond donors (Lipinski definition) is 2. The Kier molecular flexibility index (Phi) is 4.53. The highest BCUT2D eigenvalue weighted by molar-refractivity contribution is 7.91. The van der Waals surface area contributed by atoms with E-state index in [9.17, 15) is 18.3 Å². The molecule has 0 aromatic heterocycles. The lowest BCUT2D eigenvalue weighted by molar-refractivity contribution is 0.0735. The smallest absolute Gasteiger partial charge is 0.343 e. The van der Waals surface area contributed by atoms with Crippen molar-refractivity contribution in [2.75, 3.05) is 4.31 Å². The summed E-state index contributed by atoms with van der Waals surface area (Å²) in [5, 5.41) is 9.69. The predicted molar refractivity (Wildman–Crippen MR) is 109 cm³/mol. The Bertz CT molecular complexity index is 1110. The molecule has 0 bridgehead atoms. The number of fused-ring (bicyclic) bond motifs is 1. The second-order valence-electron chi connectivity index (χ2n) is 8.10. The van der Waals surface area contributed by atoms with E-state index in [2.05, 4.69) is 13.8 Å². The van der Waals surface area contributed by atoms with Crippen LogP contribution in [0.2, 0.25) is 0 Å². The van der Waals surface area contributed by atoms with Gasteiger partial charge in [-0.15, -0.1) is 0 Å². The molecule has 0 saturated carbocycles. The van der Waals surface area contributed by atoms with Crippen LogP contribution in [0.4, 0.5) is 5.69 Å². The van der Waals surface area contributed by atoms with E-state index in [-0.39, 0.29) is 16.9 Å². The zero-order valence-corrected chi connectivity index (χ0v) is 17.0. The number of carbonyl (C=O) groups excluding carboxylic acids is 1. The first-order chi connectivity index (χ1) is 13.6. The van der Waals surface area contributed by atoms with Crippen molar-refractivity contribution in [3.8, 4) is 5.75 Å². The highest BCUT2D eigenvalue weighted by Gasteiger charge is 2.34. The Hall–Kier alpha value is -3.00. The Balaban J connectivity index is 1.80. The van der Waals surface area contributed by atoms with Gasteiger partial charge in [0.05, 0.1) is 11.8 Å². The predicted octanol–water partition coefficient (Wildman–Crippen LogP) is 3.43. The van der Waals surface area contributed by atoms with Crippen molar-refractivity contribution in [1.29, 1.82) is 0 Å². The number of anilines is 1. The maximum Gasteiger partial charge on any atom is 0.343 e. The lowest BCUT2D eigenvalue weighted by Crippen LogP contribution is -2.31. The summed E-state index contributed by atoms with van der Waals surface area (Å²) in [7, 11) is -4.02. The molecule has 1 aliphatic carbocycles. The Morgan fingerprint density at radius 1 is 1.17 bits per heavy atom. The minimum Gasteiger partial charge on any atom is -0.493 e. The number of rotatable bonds is 3. The maximum absolute atomic E-state index is 12.6. The molecule has 2 aliphatic rings. The molecule has 2 aromatic rings. The van der Waals surface area contributed by atoms with Crippen molar-refractivity contribution >= 4 is 21.9 Å². The van der Waals surface area contributed by atoms with E-state index in [1.807, 2.05) is 4.72 Å². The van der Waals surface area contributed by atoms with Crippen molar-refractivity contribution in [1.82, 2.24) is 4.72 Å². The monoisotopic (exact) mass is 414 g/mol. The molecule has 0 saturated heterocycles. The quantitative estimate of drug-likeness (QED) is 0.593. The average Bonchev–Trinajstić information content (AvgIpc) is 2.93. The van der Waals surface area contributed by atoms with Crippen LogP contribution in [-0.4, -0.2) is 19.5 Å². The third-order valence-electron chi connectivity index (χ3n) is 5.20. The molecule has 0 radical (unpaired) electrons. The molecule has 0 spiro atoms. The molecule has 0 atom stereocenters. The van der Waals surface area contributed by atoms with E-state index in [0.29, 0.717) is 5.56 Å². The largest absolute Gasteiger partial charge is 0.493 e. The number of aliphatic hydroxyl groups is 1. The highest BCUT2D eigenvalue weighted by Crippen LogP contribution is 2.42. The van der Waals surface area contributed by atoms with Gasteiger partial charge in [0.2, 0.25) is 5.88 Å². The van der Waals surface area contributed by atoms with Gasteiger partial charge in [-0.1, -0.05) is 32.0 Å². The summed E-state index contributed by atoms with van der Waals surface area (Å²) >= 11 is 0. The van der Waals surface area contributed by atoms with Crippen LogP contribution in [-0.2, 0) is 23.1 Å². The van der Waals surface area contributed by atoms with E-state index in [4.69, 9.17) is 4.74 Å². The van der Waals surface area contributed by atoms with E-state index < -0.39 is 22.1 Å². The van der Waals surface area contributed by atoms with Gasteiger partial charge in [0.25, 0.3) is 0 Å². The van der Waals surface area contributed by atoms with Crippen LogP contribution in [0.1, 0.15) is 41.8 Å². The molecule has 0 amide bonds. The van der Waals surface area contributed by atoms with Gasteiger partial charge in [-0.3, -0.25) is 0 Å². The molecule has 7 nitrogen and oxygen atoms in total. The minimum atomic E-state index is -4.02. The number of esters is 1. The third kappa shape index (κ3) is 3.80.